The summed E-state index contributed by atoms with van der Waals surface area (Å²) in [5, 5.41) is 17.7. The number of aliphatic hydroxyl groups excluding tert-OH is 1. The van der Waals surface area contributed by atoms with Gasteiger partial charge >= 0.3 is 0 Å². The van der Waals surface area contributed by atoms with Crippen LogP contribution in [-0.2, 0) is 14.3 Å². The lowest BCUT2D eigenvalue weighted by molar-refractivity contribution is -0.200. The van der Waals surface area contributed by atoms with Crippen molar-refractivity contribution in [3.63, 3.8) is 0 Å². The van der Waals surface area contributed by atoms with Crippen molar-refractivity contribution in [1.29, 1.82) is 0 Å². The predicted octanol–water partition coefficient (Wildman–Crippen LogP) is 5.64. The fourth-order valence-corrected chi connectivity index (χ4v) is 10.5. The number of likely N-dealkylation sites (tertiary alicyclic amines) is 1. The Morgan fingerprint density at radius 2 is 1.76 bits per heavy atom. The van der Waals surface area contributed by atoms with Gasteiger partial charge in [-0.3, -0.25) is 9.59 Å². The van der Waals surface area contributed by atoms with Crippen LogP contribution in [0.15, 0.2) is 11.6 Å². The molecule has 6 heteroatoms. The van der Waals surface area contributed by atoms with Gasteiger partial charge in [-0.15, -0.1) is 0 Å². The first-order chi connectivity index (χ1) is 17.3. The van der Waals surface area contributed by atoms with Gasteiger partial charge < -0.3 is 19.8 Å². The summed E-state index contributed by atoms with van der Waals surface area (Å²) >= 11 is 0. The van der Waals surface area contributed by atoms with Gasteiger partial charge in [0, 0.05) is 26.3 Å². The number of fused-ring (bicyclic) bond motifs is 7. The van der Waals surface area contributed by atoms with Crippen molar-refractivity contribution in [2.24, 2.45) is 46.3 Å². The molecule has 2 saturated heterocycles. The van der Waals surface area contributed by atoms with Gasteiger partial charge in [-0.2, -0.15) is 0 Å². The Labute approximate surface area is 223 Å². The summed E-state index contributed by atoms with van der Waals surface area (Å²) in [5.74, 6) is 3.12. The maximum Gasteiger partial charge on any atom is 0.300 e. The van der Waals surface area contributed by atoms with E-state index in [1.807, 2.05) is 0 Å². The van der Waals surface area contributed by atoms with E-state index in [1.165, 1.54) is 25.7 Å². The number of carbonyl (C=O) groups excluding carboxylic acids is 1. The molecule has 0 radical (unpaired) electrons. The number of nitrogens with zero attached hydrogens (tertiary/aromatic N) is 1. The molecule has 1 spiro atoms. The fourth-order valence-electron chi connectivity index (χ4n) is 10.5. The quantitative estimate of drug-likeness (QED) is 0.408. The Morgan fingerprint density at radius 1 is 1.05 bits per heavy atom. The van der Waals surface area contributed by atoms with E-state index in [1.54, 1.807) is 12.5 Å². The Morgan fingerprint density at radius 3 is 2.43 bits per heavy atom. The monoisotopic (exact) mass is 515 g/mol. The van der Waals surface area contributed by atoms with Crippen molar-refractivity contribution in [3.05, 3.63) is 11.6 Å². The van der Waals surface area contributed by atoms with E-state index in [9.17, 15) is 9.90 Å². The highest BCUT2D eigenvalue weighted by Crippen LogP contribution is 2.70. The Balaban J connectivity index is 0.000000655. The largest absolute Gasteiger partial charge is 0.481 e. The van der Waals surface area contributed by atoms with Gasteiger partial charge in [0.1, 0.15) is 5.72 Å². The molecule has 4 aliphatic carbocycles. The lowest BCUT2D eigenvalue weighted by Gasteiger charge is -2.59. The zero-order valence-electron chi connectivity index (χ0n) is 23.8. The van der Waals surface area contributed by atoms with Crippen molar-refractivity contribution in [2.75, 3.05) is 6.54 Å². The third-order valence-electron chi connectivity index (χ3n) is 12.1. The van der Waals surface area contributed by atoms with Gasteiger partial charge in [-0.1, -0.05) is 39.3 Å². The number of aliphatic hydroxyl groups is 1. The first-order valence-corrected chi connectivity index (χ1v) is 14.9. The van der Waals surface area contributed by atoms with Gasteiger partial charge in [-0.25, -0.2) is 0 Å². The Bertz CT molecular complexity index is 959. The number of amides is 1. The zero-order valence-corrected chi connectivity index (χ0v) is 23.8. The number of rotatable bonds is 0. The average Bonchev–Trinajstić information content (AvgIpc) is 3.26. The lowest BCUT2D eigenvalue weighted by Crippen LogP contribution is -2.60. The minimum Gasteiger partial charge on any atom is -0.481 e. The van der Waals surface area contributed by atoms with Gasteiger partial charge in [0.05, 0.1) is 12.2 Å². The molecule has 0 unspecified atom stereocenters. The van der Waals surface area contributed by atoms with E-state index >= 15 is 0 Å². The summed E-state index contributed by atoms with van der Waals surface area (Å²) in [4.78, 5) is 23.9. The van der Waals surface area contributed by atoms with E-state index in [0.29, 0.717) is 34.7 Å². The first-order valence-electron chi connectivity index (χ1n) is 14.9. The number of aliphatic carboxylic acids is 1. The molecule has 6 rings (SSSR count). The van der Waals surface area contributed by atoms with E-state index in [4.69, 9.17) is 14.6 Å². The van der Waals surface area contributed by atoms with Crippen LogP contribution in [0.25, 0.3) is 0 Å². The highest BCUT2D eigenvalue weighted by Gasteiger charge is 2.69. The van der Waals surface area contributed by atoms with Crippen LogP contribution in [0.3, 0.4) is 0 Å². The number of piperidine rings is 1. The van der Waals surface area contributed by atoms with Crippen LogP contribution in [0, 0.1) is 46.3 Å². The maximum atomic E-state index is 12.7. The van der Waals surface area contributed by atoms with E-state index in [0.717, 1.165) is 63.3 Å². The highest BCUT2D eigenvalue weighted by atomic mass is 16.5. The van der Waals surface area contributed by atoms with Crippen molar-refractivity contribution >= 4 is 11.9 Å². The second-order valence-corrected chi connectivity index (χ2v) is 14.0. The first kappa shape index (κ1) is 27.2. The van der Waals surface area contributed by atoms with Gasteiger partial charge in [-0.05, 0) is 98.2 Å². The molecule has 2 N–H and O–H groups in total. The highest BCUT2D eigenvalue weighted by molar-refractivity contribution is 5.74. The van der Waals surface area contributed by atoms with Gasteiger partial charge in [0.15, 0.2) is 0 Å². The van der Waals surface area contributed by atoms with Crippen LogP contribution in [0.1, 0.15) is 99.3 Å². The molecule has 6 aliphatic rings. The van der Waals surface area contributed by atoms with Crippen molar-refractivity contribution < 1.29 is 24.5 Å². The third kappa shape index (κ3) is 4.11. The molecule has 2 heterocycles. The van der Waals surface area contributed by atoms with Crippen LogP contribution in [0.2, 0.25) is 0 Å². The standard InChI is InChI=1S/C29H45NO3.C2H4O2/c1-17-8-13-29(30(16-17)19(3)31)18(2)26-25(33-29)15-24-22-7-6-20-14-21(32)9-11-27(20,4)23(22)10-12-28(24,26)5;1-2(3)4/h6,17-18,21-26,32H,7-16H2,1-5H3;1H3,(H,3,4)/t17-,18+,21+,22-,23+,24+,25+,26+,27+,28+,29-;/m1./s1. The van der Waals surface area contributed by atoms with E-state index < -0.39 is 5.97 Å². The molecule has 6 nitrogen and oxygen atoms in total. The van der Waals surface area contributed by atoms with Crippen LogP contribution in [0.5, 0.6) is 0 Å². The second kappa shape index (κ2) is 9.36. The minimum absolute atomic E-state index is 0.131. The topological polar surface area (TPSA) is 87.1 Å². The molecular weight excluding hydrogens is 466 g/mol. The molecule has 3 saturated carbocycles. The number of hydrogen-bond acceptors (Lipinski definition) is 4. The summed E-state index contributed by atoms with van der Waals surface area (Å²) in [5.41, 5.74) is 1.79. The summed E-state index contributed by atoms with van der Waals surface area (Å²) in [7, 11) is 0. The van der Waals surface area contributed by atoms with Crippen molar-refractivity contribution in [3.8, 4) is 0 Å². The van der Waals surface area contributed by atoms with Crippen LogP contribution < -0.4 is 0 Å². The number of carboxylic acids is 1. The van der Waals surface area contributed by atoms with E-state index in [-0.39, 0.29) is 17.7 Å². The number of allylic oxidation sites excluding steroid dienone is 1. The summed E-state index contributed by atoms with van der Waals surface area (Å²) < 4.78 is 7.09. The molecule has 5 fully saturated rings. The molecule has 0 aromatic rings. The SMILES string of the molecule is CC(=O)N1C[C@H](C)CC[C@]12O[C@H]1C[C@H]3[C@@H]4CC=C5C[C@@H](O)CC[C@]5(C)[C@H]4CC[C@]3(C)[C@H]1[C@@H]2C.CC(=O)O. The van der Waals surface area contributed by atoms with Gasteiger partial charge in [0.2, 0.25) is 5.91 Å². The zero-order chi connectivity index (χ0) is 26.9. The van der Waals surface area contributed by atoms with Crippen LogP contribution in [-0.4, -0.2) is 51.5 Å². The number of hydrogen-bond donors (Lipinski definition) is 2. The molecule has 208 valence electrons. The predicted molar refractivity (Wildman–Crippen MR) is 142 cm³/mol. The normalized spacial score (nSPS) is 50.1. The Hall–Kier alpha value is -1.40. The molecule has 2 aliphatic heterocycles. The summed E-state index contributed by atoms with van der Waals surface area (Å²) in [6, 6.07) is 0. The third-order valence-corrected chi connectivity index (χ3v) is 12.1. The van der Waals surface area contributed by atoms with Gasteiger partial charge in [0.25, 0.3) is 5.97 Å². The lowest BCUT2D eigenvalue weighted by atomic mass is 9.47. The number of carboxylic acid groups (broad SMARTS) is 1. The number of ether oxygens (including phenoxy) is 1. The minimum atomic E-state index is -0.833. The van der Waals surface area contributed by atoms with Crippen molar-refractivity contribution in [2.45, 2.75) is 117 Å². The molecule has 0 aromatic heterocycles. The molecule has 0 aromatic carbocycles. The Kier molecular flexibility index (Phi) is 6.88. The molecular formula is C31H49NO5. The van der Waals surface area contributed by atoms with Crippen LogP contribution >= 0.6 is 0 Å². The molecule has 0 bridgehead atoms. The average molecular weight is 516 g/mol. The molecule has 37 heavy (non-hydrogen) atoms. The second-order valence-electron chi connectivity index (χ2n) is 14.0. The summed E-state index contributed by atoms with van der Waals surface area (Å²) in [6.45, 7) is 13.5. The number of carbonyl (C=O) groups is 2. The van der Waals surface area contributed by atoms with Crippen molar-refractivity contribution in [1.82, 2.24) is 4.90 Å². The van der Waals surface area contributed by atoms with E-state index in [2.05, 4.69) is 38.7 Å². The molecule has 11 atom stereocenters. The fraction of sp³-hybridized carbons (Fsp3) is 0.871. The maximum absolute atomic E-state index is 12.7. The smallest absolute Gasteiger partial charge is 0.300 e. The molecule has 1 amide bonds. The van der Waals surface area contributed by atoms with Crippen LogP contribution in [0.4, 0.5) is 0 Å². The summed E-state index contributed by atoms with van der Waals surface area (Å²) in [6.07, 6.45) is 12.9.